The molecule has 1 N–H and O–H groups in total. The third kappa shape index (κ3) is 3.14. The molecule has 0 aliphatic carbocycles. The Kier molecular flexibility index (Phi) is 5.04. The Hall–Kier alpha value is -3.24. The van der Waals surface area contributed by atoms with Crippen LogP contribution in [0.2, 0.25) is 0 Å². The molecule has 4 rings (SSSR count). The van der Waals surface area contributed by atoms with Crippen LogP contribution in [0.25, 0.3) is 0 Å². The van der Waals surface area contributed by atoms with Crippen molar-refractivity contribution in [3.05, 3.63) is 101 Å². The summed E-state index contributed by atoms with van der Waals surface area (Å²) in [6, 6.07) is 22.1. The quantitative estimate of drug-likeness (QED) is 0.640. The van der Waals surface area contributed by atoms with Gasteiger partial charge in [-0.15, -0.1) is 0 Å². The summed E-state index contributed by atoms with van der Waals surface area (Å²) in [7, 11) is 0. The molecule has 1 aliphatic rings. The maximum atomic E-state index is 13.6. The van der Waals surface area contributed by atoms with Gasteiger partial charge in [0.25, 0.3) is 5.91 Å². The number of anilines is 1. The zero-order valence-electron chi connectivity index (χ0n) is 17.4. The van der Waals surface area contributed by atoms with Crippen LogP contribution < -0.4 is 4.90 Å². The Labute approximate surface area is 176 Å². The summed E-state index contributed by atoms with van der Waals surface area (Å²) in [5, 5.41) is 11.7. The summed E-state index contributed by atoms with van der Waals surface area (Å²) in [6.07, 6.45) is 0. The second kappa shape index (κ2) is 7.54. The summed E-state index contributed by atoms with van der Waals surface area (Å²) >= 11 is 0. The SMILES string of the molecule is Cc1ccc(C)c(CN2C(=O)C(O)(C(C)C(=O)c3ccccc3)c3ccccc32)c1. The molecule has 0 radical (unpaired) electrons. The number of ketones is 1. The number of carbonyl (C=O) groups is 2. The molecular formula is C26H25NO3. The highest BCUT2D eigenvalue weighted by atomic mass is 16.3. The summed E-state index contributed by atoms with van der Waals surface area (Å²) in [4.78, 5) is 28.3. The molecule has 30 heavy (non-hydrogen) atoms. The van der Waals surface area contributed by atoms with E-state index in [4.69, 9.17) is 0 Å². The fraction of sp³-hybridized carbons (Fsp3) is 0.231. The molecule has 2 atom stereocenters. The number of benzene rings is 3. The number of amides is 1. The van der Waals surface area contributed by atoms with Crippen molar-refractivity contribution < 1.29 is 14.7 Å². The minimum atomic E-state index is -1.90. The molecule has 3 aromatic rings. The van der Waals surface area contributed by atoms with Crippen LogP contribution in [-0.2, 0) is 16.9 Å². The molecule has 1 amide bonds. The number of aliphatic hydroxyl groups is 1. The predicted molar refractivity (Wildman–Crippen MR) is 117 cm³/mol. The molecule has 2 unspecified atom stereocenters. The molecule has 0 fully saturated rings. The maximum absolute atomic E-state index is 13.6. The number of hydrogen-bond donors (Lipinski definition) is 1. The van der Waals surface area contributed by atoms with Crippen molar-refractivity contribution in [2.75, 3.05) is 4.90 Å². The van der Waals surface area contributed by atoms with Gasteiger partial charge in [-0.25, -0.2) is 0 Å². The van der Waals surface area contributed by atoms with Crippen molar-refractivity contribution in [2.24, 2.45) is 5.92 Å². The van der Waals surface area contributed by atoms with Gasteiger partial charge in [-0.2, -0.15) is 0 Å². The van der Waals surface area contributed by atoms with E-state index in [1.807, 2.05) is 44.2 Å². The topological polar surface area (TPSA) is 57.6 Å². The van der Waals surface area contributed by atoms with Gasteiger partial charge in [0.05, 0.1) is 18.2 Å². The van der Waals surface area contributed by atoms with E-state index in [1.165, 1.54) is 0 Å². The minimum absolute atomic E-state index is 0.255. The monoisotopic (exact) mass is 399 g/mol. The molecule has 152 valence electrons. The molecule has 0 saturated heterocycles. The van der Waals surface area contributed by atoms with Crippen LogP contribution in [0.4, 0.5) is 5.69 Å². The second-order valence-corrected chi connectivity index (χ2v) is 8.06. The van der Waals surface area contributed by atoms with E-state index in [9.17, 15) is 14.7 Å². The third-order valence-electron chi connectivity index (χ3n) is 6.09. The van der Waals surface area contributed by atoms with Crippen LogP contribution >= 0.6 is 0 Å². The summed E-state index contributed by atoms with van der Waals surface area (Å²) < 4.78 is 0. The van der Waals surface area contributed by atoms with Crippen molar-refractivity contribution in [1.82, 2.24) is 0 Å². The van der Waals surface area contributed by atoms with E-state index in [-0.39, 0.29) is 5.78 Å². The average Bonchev–Trinajstić information content (AvgIpc) is 2.98. The van der Waals surface area contributed by atoms with Crippen molar-refractivity contribution in [2.45, 2.75) is 32.9 Å². The first-order valence-electron chi connectivity index (χ1n) is 10.1. The molecular weight excluding hydrogens is 374 g/mol. The van der Waals surface area contributed by atoms with E-state index < -0.39 is 17.4 Å². The number of carbonyl (C=O) groups excluding carboxylic acids is 2. The van der Waals surface area contributed by atoms with E-state index in [0.717, 1.165) is 16.7 Å². The lowest BCUT2D eigenvalue weighted by molar-refractivity contribution is -0.139. The number of hydrogen-bond acceptors (Lipinski definition) is 3. The lowest BCUT2D eigenvalue weighted by Crippen LogP contribution is -2.47. The van der Waals surface area contributed by atoms with Gasteiger partial charge in [0.1, 0.15) is 0 Å². The third-order valence-corrected chi connectivity index (χ3v) is 6.09. The van der Waals surface area contributed by atoms with Gasteiger partial charge < -0.3 is 10.0 Å². The van der Waals surface area contributed by atoms with Gasteiger partial charge in [0, 0.05) is 11.1 Å². The normalized spacial score (nSPS) is 18.9. The van der Waals surface area contributed by atoms with Crippen molar-refractivity contribution in [3.8, 4) is 0 Å². The van der Waals surface area contributed by atoms with Crippen LogP contribution in [0.5, 0.6) is 0 Å². The first-order chi connectivity index (χ1) is 14.3. The first kappa shape index (κ1) is 20.0. The largest absolute Gasteiger partial charge is 0.375 e. The minimum Gasteiger partial charge on any atom is -0.375 e. The molecule has 1 heterocycles. The predicted octanol–water partition coefficient (Wildman–Crippen LogP) is 4.56. The van der Waals surface area contributed by atoms with E-state index in [1.54, 1.807) is 48.2 Å². The fourth-order valence-electron chi connectivity index (χ4n) is 4.22. The van der Waals surface area contributed by atoms with Crippen molar-refractivity contribution in [1.29, 1.82) is 0 Å². The Balaban J connectivity index is 1.76. The van der Waals surface area contributed by atoms with Crippen LogP contribution in [0.3, 0.4) is 0 Å². The summed E-state index contributed by atoms with van der Waals surface area (Å²) in [5.41, 5.74) is 2.92. The smallest absolute Gasteiger partial charge is 0.264 e. The molecule has 0 saturated carbocycles. The van der Waals surface area contributed by atoms with Gasteiger partial charge in [0.2, 0.25) is 0 Å². The summed E-state index contributed by atoms with van der Waals surface area (Å²) in [6.45, 7) is 6.00. The molecule has 0 aromatic heterocycles. The Morgan fingerprint density at radius 3 is 2.40 bits per heavy atom. The summed E-state index contributed by atoms with van der Waals surface area (Å²) in [5.74, 6) is -1.63. The molecule has 1 aliphatic heterocycles. The lowest BCUT2D eigenvalue weighted by atomic mass is 9.79. The fourth-order valence-corrected chi connectivity index (χ4v) is 4.22. The molecule has 4 heteroatoms. The first-order valence-corrected chi connectivity index (χ1v) is 10.1. The van der Waals surface area contributed by atoms with Crippen molar-refractivity contribution >= 4 is 17.4 Å². The Morgan fingerprint density at radius 1 is 1.00 bits per heavy atom. The zero-order chi connectivity index (χ0) is 21.5. The highest BCUT2D eigenvalue weighted by Crippen LogP contribution is 2.46. The van der Waals surface area contributed by atoms with Gasteiger partial charge >= 0.3 is 0 Å². The van der Waals surface area contributed by atoms with Gasteiger partial charge in [-0.3, -0.25) is 9.59 Å². The lowest BCUT2D eigenvalue weighted by Gasteiger charge is -2.29. The molecule has 3 aromatic carbocycles. The number of fused-ring (bicyclic) bond motifs is 1. The number of nitrogens with zero attached hydrogens (tertiary/aromatic N) is 1. The molecule has 0 spiro atoms. The highest BCUT2D eigenvalue weighted by molar-refractivity contribution is 6.11. The van der Waals surface area contributed by atoms with Crippen LogP contribution in [0.1, 0.15) is 39.5 Å². The van der Waals surface area contributed by atoms with Crippen LogP contribution in [-0.4, -0.2) is 16.8 Å². The van der Waals surface area contributed by atoms with E-state index in [0.29, 0.717) is 23.4 Å². The Bertz CT molecular complexity index is 1120. The number of rotatable bonds is 5. The maximum Gasteiger partial charge on any atom is 0.264 e. The van der Waals surface area contributed by atoms with Gasteiger partial charge in [0.15, 0.2) is 11.4 Å². The van der Waals surface area contributed by atoms with Crippen LogP contribution in [0.15, 0.2) is 72.8 Å². The average molecular weight is 399 g/mol. The number of para-hydroxylation sites is 1. The number of Topliss-reactive ketones (excluding diaryl/α,β-unsaturated/α-hetero) is 1. The van der Waals surface area contributed by atoms with E-state index >= 15 is 0 Å². The standard InChI is InChI=1S/C26H25NO3/c1-17-13-14-18(2)21(15-17)16-27-23-12-8-7-11-22(23)26(30,25(27)29)19(3)24(28)20-9-5-4-6-10-20/h4-15,19,30H,16H2,1-3H3. The van der Waals surface area contributed by atoms with E-state index in [2.05, 4.69) is 6.07 Å². The Morgan fingerprint density at radius 2 is 1.67 bits per heavy atom. The second-order valence-electron chi connectivity index (χ2n) is 8.06. The number of aryl methyl sites for hydroxylation is 2. The van der Waals surface area contributed by atoms with Crippen molar-refractivity contribution in [3.63, 3.8) is 0 Å². The highest BCUT2D eigenvalue weighted by Gasteiger charge is 2.55. The molecule has 4 nitrogen and oxygen atoms in total. The van der Waals surface area contributed by atoms with Gasteiger partial charge in [-0.05, 0) is 31.0 Å². The van der Waals surface area contributed by atoms with Crippen LogP contribution in [0, 0.1) is 19.8 Å². The van der Waals surface area contributed by atoms with Gasteiger partial charge in [-0.1, -0.05) is 79.2 Å². The zero-order valence-corrected chi connectivity index (χ0v) is 17.4. The molecule has 0 bridgehead atoms.